The average Bonchev–Trinajstić information content (AvgIpc) is 2.95. The molecular weight excluding hydrogens is 250 g/mol. The van der Waals surface area contributed by atoms with Crippen molar-refractivity contribution >= 4 is 5.91 Å². The van der Waals surface area contributed by atoms with Gasteiger partial charge in [-0.2, -0.15) is 0 Å². The highest BCUT2D eigenvalue weighted by atomic mass is 16.3. The fraction of sp³-hybridized carbons (Fsp3) is 0.588. The Morgan fingerprint density at radius 3 is 2.50 bits per heavy atom. The molecule has 1 N–H and O–H groups in total. The number of carbonyl (C=O) groups is 1. The summed E-state index contributed by atoms with van der Waals surface area (Å²) in [6.07, 6.45) is 5.21. The number of phenolic OH excluding ortho intramolecular Hbond substituents is 1. The zero-order chi connectivity index (χ0) is 14.8. The lowest BCUT2D eigenvalue weighted by molar-refractivity contribution is -0.142. The number of hydrogen-bond acceptors (Lipinski definition) is 2. The Balaban J connectivity index is 2.20. The smallest absolute Gasteiger partial charge is 0.229 e. The molecule has 1 aliphatic rings. The van der Waals surface area contributed by atoms with Gasteiger partial charge in [0.2, 0.25) is 5.91 Å². The Kier molecular flexibility index (Phi) is 4.36. The number of amides is 1. The summed E-state index contributed by atoms with van der Waals surface area (Å²) in [5, 5.41) is 9.96. The predicted molar refractivity (Wildman–Crippen MR) is 80.5 cm³/mol. The van der Waals surface area contributed by atoms with Crippen molar-refractivity contribution < 1.29 is 9.90 Å². The van der Waals surface area contributed by atoms with Gasteiger partial charge in [0, 0.05) is 18.0 Å². The van der Waals surface area contributed by atoms with Crippen LogP contribution in [0.1, 0.15) is 57.6 Å². The fourth-order valence-corrected chi connectivity index (χ4v) is 3.37. The Morgan fingerprint density at radius 1 is 1.35 bits per heavy atom. The van der Waals surface area contributed by atoms with E-state index in [1.165, 1.54) is 0 Å². The lowest BCUT2D eigenvalue weighted by Crippen LogP contribution is -2.41. The van der Waals surface area contributed by atoms with Crippen molar-refractivity contribution in [3.05, 3.63) is 29.8 Å². The highest BCUT2D eigenvalue weighted by molar-refractivity contribution is 5.83. The second kappa shape index (κ2) is 5.86. The fourth-order valence-electron chi connectivity index (χ4n) is 3.37. The summed E-state index contributed by atoms with van der Waals surface area (Å²) >= 11 is 0. The molecule has 110 valence electrons. The van der Waals surface area contributed by atoms with Crippen LogP contribution < -0.4 is 0 Å². The number of benzene rings is 1. The van der Waals surface area contributed by atoms with Crippen molar-refractivity contribution in [3.8, 4) is 5.75 Å². The second-order valence-electron chi connectivity index (χ2n) is 5.99. The van der Waals surface area contributed by atoms with Crippen LogP contribution in [-0.4, -0.2) is 23.0 Å². The van der Waals surface area contributed by atoms with Crippen molar-refractivity contribution in [1.82, 2.24) is 4.90 Å². The van der Waals surface area contributed by atoms with Gasteiger partial charge in [-0.1, -0.05) is 38.0 Å². The van der Waals surface area contributed by atoms with E-state index in [1.54, 1.807) is 12.1 Å². The number of para-hydroxylation sites is 1. The van der Waals surface area contributed by atoms with Gasteiger partial charge >= 0.3 is 0 Å². The van der Waals surface area contributed by atoms with Gasteiger partial charge in [-0.25, -0.2) is 0 Å². The van der Waals surface area contributed by atoms with Crippen LogP contribution in [0.15, 0.2) is 24.3 Å². The van der Waals surface area contributed by atoms with Gasteiger partial charge in [-0.15, -0.1) is 0 Å². The summed E-state index contributed by atoms with van der Waals surface area (Å²) < 4.78 is 0. The van der Waals surface area contributed by atoms with Crippen molar-refractivity contribution in [1.29, 1.82) is 0 Å². The molecule has 1 aromatic carbocycles. The topological polar surface area (TPSA) is 40.5 Å². The second-order valence-corrected chi connectivity index (χ2v) is 5.99. The van der Waals surface area contributed by atoms with Crippen molar-refractivity contribution in [3.63, 3.8) is 0 Å². The summed E-state index contributed by atoms with van der Waals surface area (Å²) in [5.41, 5.74) is 0.639. The quantitative estimate of drug-likeness (QED) is 0.905. The van der Waals surface area contributed by atoms with E-state index in [4.69, 9.17) is 0 Å². The van der Waals surface area contributed by atoms with Gasteiger partial charge in [0.05, 0.1) is 6.04 Å². The van der Waals surface area contributed by atoms with Crippen LogP contribution in [-0.2, 0) is 4.79 Å². The van der Waals surface area contributed by atoms with Crippen LogP contribution in [0.4, 0.5) is 0 Å². The summed E-state index contributed by atoms with van der Waals surface area (Å²) in [6.45, 7) is 4.09. The molecule has 1 saturated carbocycles. The molecule has 0 aromatic heterocycles. The van der Waals surface area contributed by atoms with Gasteiger partial charge in [-0.3, -0.25) is 4.79 Å². The van der Waals surface area contributed by atoms with Crippen LogP contribution >= 0.6 is 0 Å². The van der Waals surface area contributed by atoms with Crippen LogP contribution in [0.2, 0.25) is 0 Å². The molecular formula is C17H25NO2. The molecule has 1 aromatic rings. The lowest BCUT2D eigenvalue weighted by Gasteiger charge is -2.35. The number of hydrogen-bond donors (Lipinski definition) is 1. The van der Waals surface area contributed by atoms with Gasteiger partial charge in [-0.05, 0) is 32.3 Å². The molecule has 2 rings (SSSR count). The number of aromatic hydroxyl groups is 1. The van der Waals surface area contributed by atoms with Crippen molar-refractivity contribution in [2.75, 3.05) is 7.05 Å². The molecule has 1 fully saturated rings. The van der Waals surface area contributed by atoms with Gasteiger partial charge in [0.15, 0.2) is 0 Å². The molecule has 3 nitrogen and oxygen atoms in total. The highest BCUT2D eigenvalue weighted by Crippen LogP contribution is 2.43. The van der Waals surface area contributed by atoms with Crippen LogP contribution in [0.25, 0.3) is 0 Å². The molecule has 1 aliphatic carbocycles. The summed E-state index contributed by atoms with van der Waals surface area (Å²) in [6, 6.07) is 7.16. The Labute approximate surface area is 121 Å². The zero-order valence-corrected chi connectivity index (χ0v) is 12.7. The van der Waals surface area contributed by atoms with Crippen LogP contribution in [0, 0.1) is 5.41 Å². The number of phenols is 1. The van der Waals surface area contributed by atoms with Crippen LogP contribution in [0.3, 0.4) is 0 Å². The minimum absolute atomic E-state index is 0.104. The molecule has 0 aliphatic heterocycles. The molecule has 1 unspecified atom stereocenters. The minimum Gasteiger partial charge on any atom is -0.508 e. The maximum absolute atomic E-state index is 12.9. The number of rotatable bonds is 4. The molecule has 1 amide bonds. The maximum Gasteiger partial charge on any atom is 0.229 e. The first-order valence-corrected chi connectivity index (χ1v) is 7.57. The monoisotopic (exact) mass is 275 g/mol. The first-order chi connectivity index (χ1) is 9.52. The third-order valence-corrected chi connectivity index (χ3v) is 4.98. The molecule has 0 radical (unpaired) electrons. The molecule has 20 heavy (non-hydrogen) atoms. The van der Waals surface area contributed by atoms with Gasteiger partial charge < -0.3 is 10.0 Å². The lowest BCUT2D eigenvalue weighted by atomic mass is 9.81. The third kappa shape index (κ3) is 2.54. The Morgan fingerprint density at radius 2 is 1.95 bits per heavy atom. The van der Waals surface area contributed by atoms with E-state index in [2.05, 4.69) is 6.92 Å². The van der Waals surface area contributed by atoms with E-state index in [9.17, 15) is 9.90 Å². The summed E-state index contributed by atoms with van der Waals surface area (Å²) in [7, 11) is 1.86. The van der Waals surface area contributed by atoms with Crippen LogP contribution in [0.5, 0.6) is 5.75 Å². The van der Waals surface area contributed by atoms with E-state index >= 15 is 0 Å². The normalized spacial score (nSPS) is 18.8. The molecule has 0 saturated heterocycles. The van der Waals surface area contributed by atoms with E-state index < -0.39 is 0 Å². The Bertz CT molecular complexity index is 478. The van der Waals surface area contributed by atoms with E-state index in [-0.39, 0.29) is 23.1 Å². The SMILES string of the molecule is CCC1(C(=O)N(C)C(C)c2ccccc2O)CCCC1. The average molecular weight is 275 g/mol. The Hall–Kier alpha value is -1.51. The van der Waals surface area contributed by atoms with Gasteiger partial charge in [0.25, 0.3) is 0 Å². The molecule has 0 spiro atoms. The summed E-state index contributed by atoms with van der Waals surface area (Å²) in [4.78, 5) is 14.7. The molecule has 0 bridgehead atoms. The van der Waals surface area contributed by atoms with E-state index in [0.717, 1.165) is 37.7 Å². The maximum atomic E-state index is 12.9. The highest BCUT2D eigenvalue weighted by Gasteiger charge is 2.42. The number of carbonyl (C=O) groups excluding carboxylic acids is 1. The zero-order valence-electron chi connectivity index (χ0n) is 12.7. The molecule has 1 atom stereocenters. The van der Waals surface area contributed by atoms with E-state index in [1.807, 2.05) is 31.0 Å². The van der Waals surface area contributed by atoms with Gasteiger partial charge in [0.1, 0.15) is 5.75 Å². The summed E-state index contributed by atoms with van der Waals surface area (Å²) in [5.74, 6) is 0.491. The van der Waals surface area contributed by atoms with Crippen molar-refractivity contribution in [2.45, 2.75) is 52.0 Å². The standard InChI is InChI=1S/C17H25NO2/c1-4-17(11-7-8-12-17)16(20)18(3)13(2)14-9-5-6-10-15(14)19/h5-6,9-10,13,19H,4,7-8,11-12H2,1-3H3. The van der Waals surface area contributed by atoms with Crippen molar-refractivity contribution in [2.24, 2.45) is 5.41 Å². The minimum atomic E-state index is -0.173. The molecule has 3 heteroatoms. The largest absolute Gasteiger partial charge is 0.508 e. The predicted octanol–water partition coefficient (Wildman–Crippen LogP) is 3.88. The number of nitrogens with zero attached hydrogens (tertiary/aromatic N) is 1. The van der Waals surface area contributed by atoms with E-state index in [0.29, 0.717) is 0 Å². The first kappa shape index (κ1) is 14.9. The molecule has 0 heterocycles. The third-order valence-electron chi connectivity index (χ3n) is 4.98. The first-order valence-electron chi connectivity index (χ1n) is 7.57.